The third-order valence-electron chi connectivity index (χ3n) is 4.74. The largest absolute Gasteiger partial charge is 0.334 e. The van der Waals surface area contributed by atoms with Gasteiger partial charge in [-0.05, 0) is 36.1 Å². The number of nitrogens with zero attached hydrogens (tertiary/aromatic N) is 1. The Morgan fingerprint density at radius 2 is 1.57 bits per heavy atom. The average Bonchev–Trinajstić information content (AvgIpc) is 3.11. The molecule has 0 radical (unpaired) electrons. The SMILES string of the molecule is CN(C(=O)C1CCCC1)C(c1ccccc1)c1ccc(F)cc1. The van der Waals surface area contributed by atoms with E-state index in [-0.39, 0.29) is 23.7 Å². The number of hydrogen-bond donors (Lipinski definition) is 0. The van der Waals surface area contributed by atoms with E-state index >= 15 is 0 Å². The molecule has 2 aromatic carbocycles. The molecule has 0 bridgehead atoms. The number of halogens is 1. The predicted octanol–water partition coefficient (Wildman–Crippen LogP) is 4.56. The van der Waals surface area contributed by atoms with Crippen molar-refractivity contribution < 1.29 is 9.18 Å². The molecule has 0 heterocycles. The van der Waals surface area contributed by atoms with Crippen LogP contribution in [0.5, 0.6) is 0 Å². The average molecular weight is 311 g/mol. The molecule has 3 heteroatoms. The number of amides is 1. The molecule has 0 aliphatic heterocycles. The summed E-state index contributed by atoms with van der Waals surface area (Å²) in [6.07, 6.45) is 4.23. The number of rotatable bonds is 4. The molecule has 1 aliphatic rings. The lowest BCUT2D eigenvalue weighted by Crippen LogP contribution is -2.35. The lowest BCUT2D eigenvalue weighted by Gasteiger charge is -2.31. The smallest absolute Gasteiger partial charge is 0.226 e. The van der Waals surface area contributed by atoms with Crippen molar-refractivity contribution in [1.82, 2.24) is 4.90 Å². The first kappa shape index (κ1) is 15.7. The first-order valence-corrected chi connectivity index (χ1v) is 8.24. The van der Waals surface area contributed by atoms with Crippen molar-refractivity contribution in [2.45, 2.75) is 31.7 Å². The minimum absolute atomic E-state index is 0.131. The van der Waals surface area contributed by atoms with E-state index in [0.717, 1.165) is 36.8 Å². The van der Waals surface area contributed by atoms with Crippen molar-refractivity contribution in [3.05, 3.63) is 71.5 Å². The molecule has 0 N–H and O–H groups in total. The van der Waals surface area contributed by atoms with Crippen LogP contribution in [0.1, 0.15) is 42.9 Å². The standard InChI is InChI=1S/C20H22FNO/c1-22(20(23)17-9-5-6-10-17)19(15-7-3-2-4-8-15)16-11-13-18(21)14-12-16/h2-4,7-8,11-14,17,19H,5-6,9-10H2,1H3. The van der Waals surface area contributed by atoms with Crippen molar-refractivity contribution in [2.75, 3.05) is 7.05 Å². The van der Waals surface area contributed by atoms with Gasteiger partial charge in [0, 0.05) is 13.0 Å². The second-order valence-electron chi connectivity index (χ2n) is 6.30. The number of carbonyl (C=O) groups is 1. The molecular weight excluding hydrogens is 289 g/mol. The molecule has 0 spiro atoms. The third kappa shape index (κ3) is 3.44. The highest BCUT2D eigenvalue weighted by Gasteiger charge is 2.30. The Morgan fingerprint density at radius 3 is 2.17 bits per heavy atom. The maximum absolute atomic E-state index is 13.3. The molecule has 0 aromatic heterocycles. The van der Waals surface area contributed by atoms with Crippen LogP contribution < -0.4 is 0 Å². The topological polar surface area (TPSA) is 20.3 Å². The minimum atomic E-state index is -0.259. The van der Waals surface area contributed by atoms with E-state index in [1.165, 1.54) is 12.1 Å². The fourth-order valence-electron chi connectivity index (χ4n) is 3.51. The molecule has 1 fully saturated rings. The van der Waals surface area contributed by atoms with E-state index in [2.05, 4.69) is 0 Å². The van der Waals surface area contributed by atoms with Crippen LogP contribution >= 0.6 is 0 Å². The number of carbonyl (C=O) groups excluding carboxylic acids is 1. The molecule has 3 rings (SSSR count). The van der Waals surface area contributed by atoms with Crippen molar-refractivity contribution in [3.8, 4) is 0 Å². The van der Waals surface area contributed by atoms with Gasteiger partial charge in [0.05, 0.1) is 6.04 Å². The van der Waals surface area contributed by atoms with Crippen molar-refractivity contribution in [2.24, 2.45) is 5.92 Å². The maximum Gasteiger partial charge on any atom is 0.226 e. The van der Waals surface area contributed by atoms with Gasteiger partial charge in [0.1, 0.15) is 5.82 Å². The molecule has 120 valence electrons. The van der Waals surface area contributed by atoms with E-state index in [4.69, 9.17) is 0 Å². The fourth-order valence-corrected chi connectivity index (χ4v) is 3.51. The van der Waals surface area contributed by atoms with Gasteiger partial charge in [0.25, 0.3) is 0 Å². The van der Waals surface area contributed by atoms with Gasteiger partial charge >= 0.3 is 0 Å². The summed E-state index contributed by atoms with van der Waals surface area (Å²) in [5.41, 5.74) is 1.99. The quantitative estimate of drug-likeness (QED) is 0.810. The van der Waals surface area contributed by atoms with Gasteiger partial charge < -0.3 is 4.90 Å². The molecule has 2 aromatic rings. The van der Waals surface area contributed by atoms with Crippen LogP contribution in [0, 0.1) is 11.7 Å². The van der Waals surface area contributed by atoms with Gasteiger partial charge in [0.15, 0.2) is 0 Å². The minimum Gasteiger partial charge on any atom is -0.334 e. The molecule has 23 heavy (non-hydrogen) atoms. The van der Waals surface area contributed by atoms with Crippen LogP contribution in [0.2, 0.25) is 0 Å². The third-order valence-corrected chi connectivity index (χ3v) is 4.74. The van der Waals surface area contributed by atoms with Gasteiger partial charge in [-0.2, -0.15) is 0 Å². The zero-order chi connectivity index (χ0) is 16.2. The Bertz CT molecular complexity index is 647. The molecule has 1 amide bonds. The lowest BCUT2D eigenvalue weighted by molar-refractivity contribution is -0.135. The van der Waals surface area contributed by atoms with Crippen LogP contribution in [0.3, 0.4) is 0 Å². The Morgan fingerprint density at radius 1 is 1.00 bits per heavy atom. The first-order valence-electron chi connectivity index (χ1n) is 8.24. The summed E-state index contributed by atoms with van der Waals surface area (Å²) < 4.78 is 13.3. The summed E-state index contributed by atoms with van der Waals surface area (Å²) >= 11 is 0. The van der Waals surface area contributed by atoms with E-state index in [1.54, 1.807) is 12.1 Å². The normalized spacial score (nSPS) is 16.3. The zero-order valence-electron chi connectivity index (χ0n) is 13.4. The van der Waals surface area contributed by atoms with Crippen molar-refractivity contribution >= 4 is 5.91 Å². The van der Waals surface area contributed by atoms with Gasteiger partial charge in [-0.3, -0.25) is 4.79 Å². The van der Waals surface area contributed by atoms with Gasteiger partial charge in [-0.1, -0.05) is 55.3 Å². The predicted molar refractivity (Wildman–Crippen MR) is 89.4 cm³/mol. The van der Waals surface area contributed by atoms with E-state index in [1.807, 2.05) is 42.3 Å². The lowest BCUT2D eigenvalue weighted by atomic mass is 9.95. The number of hydrogen-bond acceptors (Lipinski definition) is 1. The summed E-state index contributed by atoms with van der Waals surface area (Å²) in [4.78, 5) is 14.7. The highest BCUT2D eigenvalue weighted by molar-refractivity contribution is 5.79. The molecule has 2 nitrogen and oxygen atoms in total. The molecule has 1 aliphatic carbocycles. The van der Waals surface area contributed by atoms with Crippen LogP contribution in [0.25, 0.3) is 0 Å². The Hall–Kier alpha value is -2.16. The van der Waals surface area contributed by atoms with Gasteiger partial charge in [0.2, 0.25) is 5.91 Å². The van der Waals surface area contributed by atoms with Gasteiger partial charge in [-0.15, -0.1) is 0 Å². The molecule has 0 saturated heterocycles. The van der Waals surface area contributed by atoms with Gasteiger partial charge in [-0.25, -0.2) is 4.39 Å². The summed E-state index contributed by atoms with van der Waals surface area (Å²) in [6, 6.07) is 16.2. The molecule has 1 atom stereocenters. The fraction of sp³-hybridized carbons (Fsp3) is 0.350. The van der Waals surface area contributed by atoms with Crippen LogP contribution in [0.15, 0.2) is 54.6 Å². The van der Waals surface area contributed by atoms with Crippen LogP contribution in [-0.2, 0) is 4.79 Å². The highest BCUT2D eigenvalue weighted by Crippen LogP contribution is 2.32. The summed E-state index contributed by atoms with van der Waals surface area (Å²) in [6.45, 7) is 0. The summed E-state index contributed by atoms with van der Waals surface area (Å²) in [5, 5.41) is 0. The summed E-state index contributed by atoms with van der Waals surface area (Å²) in [5.74, 6) is 0.0673. The molecule has 1 unspecified atom stereocenters. The van der Waals surface area contributed by atoms with E-state index in [9.17, 15) is 9.18 Å². The maximum atomic E-state index is 13.3. The monoisotopic (exact) mass is 311 g/mol. The highest BCUT2D eigenvalue weighted by atomic mass is 19.1. The second-order valence-corrected chi connectivity index (χ2v) is 6.30. The Balaban J connectivity index is 1.94. The van der Waals surface area contributed by atoms with Crippen molar-refractivity contribution in [3.63, 3.8) is 0 Å². The summed E-state index contributed by atoms with van der Waals surface area (Å²) in [7, 11) is 1.86. The molecule has 1 saturated carbocycles. The molecular formula is C20H22FNO. The first-order chi connectivity index (χ1) is 11.2. The van der Waals surface area contributed by atoms with Crippen molar-refractivity contribution in [1.29, 1.82) is 0 Å². The Labute approximate surface area is 136 Å². The van der Waals surface area contributed by atoms with E-state index in [0.29, 0.717) is 0 Å². The zero-order valence-corrected chi connectivity index (χ0v) is 13.4. The van der Waals surface area contributed by atoms with E-state index < -0.39 is 0 Å². The van der Waals surface area contributed by atoms with Crippen LogP contribution in [-0.4, -0.2) is 17.9 Å². The van der Waals surface area contributed by atoms with Crippen LogP contribution in [0.4, 0.5) is 4.39 Å². The second kappa shape index (κ2) is 6.95. The number of benzene rings is 2. The Kier molecular flexibility index (Phi) is 4.75.